The smallest absolute Gasteiger partial charge is 0.161 e. The van der Waals surface area contributed by atoms with E-state index >= 15 is 0 Å². The van der Waals surface area contributed by atoms with Crippen LogP contribution in [0.15, 0.2) is 22.7 Å². The van der Waals surface area contributed by atoms with Gasteiger partial charge in [-0.1, -0.05) is 0 Å². The molecule has 5 heteroatoms. The van der Waals surface area contributed by atoms with Crippen molar-refractivity contribution in [3.63, 3.8) is 0 Å². The summed E-state index contributed by atoms with van der Waals surface area (Å²) in [6.07, 6.45) is -0.377. The third-order valence-electron chi connectivity index (χ3n) is 2.65. The first-order chi connectivity index (χ1) is 8.24. The zero-order valence-corrected chi connectivity index (χ0v) is 10.6. The number of hydrogen-bond acceptors (Lipinski definition) is 4. The van der Waals surface area contributed by atoms with Crippen LogP contribution in [-0.2, 0) is 4.74 Å². The maximum Gasteiger partial charge on any atom is 0.161 e. The number of anilines is 1. The molecular formula is C12H10BrN3O. The highest BCUT2D eigenvalue weighted by atomic mass is 79.9. The zero-order chi connectivity index (χ0) is 12.3. The molecule has 4 nitrogen and oxygen atoms in total. The molecule has 0 spiro atoms. The van der Waals surface area contributed by atoms with Gasteiger partial charge in [-0.3, -0.25) is 0 Å². The summed E-state index contributed by atoms with van der Waals surface area (Å²) < 4.78 is 6.06. The van der Waals surface area contributed by atoms with Gasteiger partial charge in [0, 0.05) is 16.7 Å². The van der Waals surface area contributed by atoms with E-state index in [0.717, 1.165) is 16.7 Å². The fraction of sp³-hybridized carbons (Fsp3) is 0.333. The van der Waals surface area contributed by atoms with Crippen LogP contribution in [0, 0.1) is 22.7 Å². The van der Waals surface area contributed by atoms with Crippen LogP contribution < -0.4 is 4.90 Å². The molecule has 1 saturated heterocycles. The standard InChI is InChI=1S/C12H10BrN3O/c13-12-5-10(2-1-9(12)6-14)16-3-4-17-11(7-15)8-16/h1-2,5,11H,3-4,8H2. The first-order valence-electron chi connectivity index (χ1n) is 5.20. The second kappa shape index (κ2) is 5.18. The molecule has 0 aromatic heterocycles. The molecule has 0 N–H and O–H groups in total. The van der Waals surface area contributed by atoms with Gasteiger partial charge in [-0.2, -0.15) is 10.5 Å². The van der Waals surface area contributed by atoms with Crippen LogP contribution in [0.3, 0.4) is 0 Å². The zero-order valence-electron chi connectivity index (χ0n) is 9.06. The van der Waals surface area contributed by atoms with Crippen molar-refractivity contribution >= 4 is 21.6 Å². The molecule has 1 aromatic rings. The summed E-state index contributed by atoms with van der Waals surface area (Å²) in [6.45, 7) is 1.88. The van der Waals surface area contributed by atoms with E-state index in [1.54, 1.807) is 6.07 Å². The molecule has 0 bridgehead atoms. The van der Waals surface area contributed by atoms with Gasteiger partial charge in [0.1, 0.15) is 6.07 Å². The number of nitriles is 2. The topological polar surface area (TPSA) is 60.1 Å². The van der Waals surface area contributed by atoms with Gasteiger partial charge in [0.15, 0.2) is 6.10 Å². The minimum absolute atomic E-state index is 0.377. The van der Waals surface area contributed by atoms with Gasteiger partial charge in [-0.05, 0) is 34.1 Å². The van der Waals surface area contributed by atoms with Crippen molar-refractivity contribution in [2.75, 3.05) is 24.6 Å². The van der Waals surface area contributed by atoms with Gasteiger partial charge in [0.25, 0.3) is 0 Å². The predicted octanol–water partition coefficient (Wildman–Crippen LogP) is 2.05. The first kappa shape index (κ1) is 11.9. The molecule has 1 fully saturated rings. The van der Waals surface area contributed by atoms with Gasteiger partial charge in [-0.15, -0.1) is 0 Å². The van der Waals surface area contributed by atoms with Crippen molar-refractivity contribution in [1.82, 2.24) is 0 Å². The lowest BCUT2D eigenvalue weighted by atomic mass is 10.2. The summed E-state index contributed by atoms with van der Waals surface area (Å²) in [6, 6.07) is 9.78. The normalized spacial score (nSPS) is 19.5. The van der Waals surface area contributed by atoms with E-state index in [9.17, 15) is 0 Å². The van der Waals surface area contributed by atoms with Gasteiger partial charge in [-0.25, -0.2) is 0 Å². The number of morpholine rings is 1. The Kier molecular flexibility index (Phi) is 3.63. The summed E-state index contributed by atoms with van der Waals surface area (Å²) in [7, 11) is 0. The fourth-order valence-corrected chi connectivity index (χ4v) is 2.21. The van der Waals surface area contributed by atoms with Crippen molar-refractivity contribution in [3.8, 4) is 12.1 Å². The number of rotatable bonds is 1. The average molecular weight is 292 g/mol. The molecule has 1 atom stereocenters. The Hall–Kier alpha value is -1.56. The molecule has 1 aromatic carbocycles. The molecule has 0 radical (unpaired) electrons. The van der Waals surface area contributed by atoms with Crippen LogP contribution in [0.25, 0.3) is 0 Å². The molecule has 1 heterocycles. The Morgan fingerprint density at radius 3 is 2.88 bits per heavy atom. The maximum atomic E-state index is 8.84. The Labute approximate surface area is 108 Å². The summed E-state index contributed by atoms with van der Waals surface area (Å²) in [5.41, 5.74) is 1.61. The highest BCUT2D eigenvalue weighted by Gasteiger charge is 2.20. The van der Waals surface area contributed by atoms with Crippen LogP contribution >= 0.6 is 15.9 Å². The summed E-state index contributed by atoms with van der Waals surface area (Å²) in [4.78, 5) is 2.09. The van der Waals surface area contributed by atoms with E-state index in [0.29, 0.717) is 18.7 Å². The molecule has 1 unspecified atom stereocenters. The van der Waals surface area contributed by atoms with Crippen LogP contribution in [-0.4, -0.2) is 25.8 Å². The minimum atomic E-state index is -0.377. The number of hydrogen-bond donors (Lipinski definition) is 0. The lowest BCUT2D eigenvalue weighted by Crippen LogP contribution is -2.41. The molecule has 0 saturated carbocycles. The van der Waals surface area contributed by atoms with Gasteiger partial charge < -0.3 is 9.64 Å². The van der Waals surface area contributed by atoms with Crippen molar-refractivity contribution in [2.45, 2.75) is 6.10 Å². The average Bonchev–Trinajstić information content (AvgIpc) is 2.38. The van der Waals surface area contributed by atoms with Gasteiger partial charge >= 0.3 is 0 Å². The molecule has 0 aliphatic carbocycles. The third-order valence-corrected chi connectivity index (χ3v) is 3.30. The molecular weight excluding hydrogens is 282 g/mol. The molecule has 1 aliphatic heterocycles. The predicted molar refractivity (Wildman–Crippen MR) is 66.4 cm³/mol. The second-order valence-electron chi connectivity index (χ2n) is 3.71. The quantitative estimate of drug-likeness (QED) is 0.795. The van der Waals surface area contributed by atoms with Crippen molar-refractivity contribution < 1.29 is 4.74 Å². The van der Waals surface area contributed by atoms with Gasteiger partial charge in [0.05, 0.1) is 24.8 Å². The lowest BCUT2D eigenvalue weighted by Gasteiger charge is -2.31. The largest absolute Gasteiger partial charge is 0.365 e. The van der Waals surface area contributed by atoms with Gasteiger partial charge in [0.2, 0.25) is 0 Å². The lowest BCUT2D eigenvalue weighted by molar-refractivity contribution is 0.0764. The minimum Gasteiger partial charge on any atom is -0.365 e. The van der Waals surface area contributed by atoms with Crippen LogP contribution in [0.5, 0.6) is 0 Å². The second-order valence-corrected chi connectivity index (χ2v) is 4.56. The van der Waals surface area contributed by atoms with E-state index in [2.05, 4.69) is 33.0 Å². The maximum absolute atomic E-state index is 8.84. The van der Waals surface area contributed by atoms with Crippen molar-refractivity contribution in [2.24, 2.45) is 0 Å². The Morgan fingerprint density at radius 2 is 2.24 bits per heavy atom. The molecule has 0 amide bonds. The third kappa shape index (κ3) is 2.58. The number of benzene rings is 1. The van der Waals surface area contributed by atoms with E-state index in [4.69, 9.17) is 15.3 Å². The SMILES string of the molecule is N#Cc1ccc(N2CCOC(C#N)C2)cc1Br. The monoisotopic (exact) mass is 291 g/mol. The molecule has 1 aliphatic rings. The van der Waals surface area contributed by atoms with Crippen molar-refractivity contribution in [3.05, 3.63) is 28.2 Å². The highest BCUT2D eigenvalue weighted by Crippen LogP contribution is 2.25. The van der Waals surface area contributed by atoms with Crippen molar-refractivity contribution in [1.29, 1.82) is 10.5 Å². The van der Waals surface area contributed by atoms with E-state index in [-0.39, 0.29) is 6.10 Å². The summed E-state index contributed by atoms with van der Waals surface area (Å²) in [5, 5.41) is 17.7. The van der Waals surface area contributed by atoms with E-state index < -0.39 is 0 Å². The Balaban J connectivity index is 2.21. The van der Waals surface area contributed by atoms with E-state index in [1.807, 2.05) is 12.1 Å². The Bertz CT molecular complexity index is 503. The molecule has 17 heavy (non-hydrogen) atoms. The highest BCUT2D eigenvalue weighted by molar-refractivity contribution is 9.10. The Morgan fingerprint density at radius 1 is 1.41 bits per heavy atom. The summed E-state index contributed by atoms with van der Waals surface area (Å²) in [5.74, 6) is 0. The van der Waals surface area contributed by atoms with E-state index in [1.165, 1.54) is 0 Å². The fourth-order valence-electron chi connectivity index (χ4n) is 1.75. The molecule has 86 valence electrons. The number of halogens is 1. The van der Waals surface area contributed by atoms with Crippen LogP contribution in [0.4, 0.5) is 5.69 Å². The first-order valence-corrected chi connectivity index (χ1v) is 5.99. The van der Waals surface area contributed by atoms with Crippen LogP contribution in [0.2, 0.25) is 0 Å². The molecule has 2 rings (SSSR count). The summed E-state index contributed by atoms with van der Waals surface area (Å²) >= 11 is 3.36. The van der Waals surface area contributed by atoms with Crippen LogP contribution in [0.1, 0.15) is 5.56 Å². The number of ether oxygens (including phenoxy) is 1. The number of nitrogens with zero attached hydrogens (tertiary/aromatic N) is 3.